The number of hydrogen-bond donors (Lipinski definition) is 2. The fraction of sp³-hybridized carbons (Fsp3) is 0.625. The minimum atomic E-state index is 0. The van der Waals surface area contributed by atoms with Crippen LogP contribution in [0, 0.1) is 0 Å². The monoisotopic (exact) mass is 401 g/mol. The van der Waals surface area contributed by atoms with E-state index in [-0.39, 0.29) is 30.7 Å². The van der Waals surface area contributed by atoms with E-state index in [2.05, 4.69) is 25.3 Å². The van der Waals surface area contributed by atoms with E-state index in [4.69, 9.17) is 0 Å². The molecule has 0 aromatic carbocycles. The summed E-state index contributed by atoms with van der Waals surface area (Å²) in [5.74, 6) is 0.819. The maximum absolute atomic E-state index is 12.7. The number of rotatable bonds is 4. The first-order chi connectivity index (χ1) is 11.6. The number of aromatic nitrogens is 4. The molecule has 2 aromatic rings. The number of halogens is 2. The number of carbonyl (C=O) groups is 1. The van der Waals surface area contributed by atoms with Crippen LogP contribution in [0.5, 0.6) is 0 Å². The van der Waals surface area contributed by atoms with Crippen LogP contribution in [0.2, 0.25) is 0 Å². The summed E-state index contributed by atoms with van der Waals surface area (Å²) in [6, 6.07) is 1.49. The van der Waals surface area contributed by atoms with Crippen molar-refractivity contribution < 1.29 is 4.79 Å². The van der Waals surface area contributed by atoms with Gasteiger partial charge in [0.05, 0.1) is 12.9 Å². The molecular weight excluding hydrogens is 377 g/mol. The van der Waals surface area contributed by atoms with Crippen molar-refractivity contribution in [1.82, 2.24) is 30.2 Å². The number of anilines is 1. The maximum atomic E-state index is 12.7. The first-order valence-corrected chi connectivity index (χ1v) is 8.48. The Morgan fingerprint density at radius 1 is 1.15 bits per heavy atom. The Balaban J connectivity index is 0.00000121. The van der Waals surface area contributed by atoms with Crippen LogP contribution >= 0.6 is 24.8 Å². The number of H-pyrrole nitrogens is 1. The van der Waals surface area contributed by atoms with Crippen LogP contribution < -0.4 is 10.2 Å². The number of hydrogen-bond acceptors (Lipinski definition) is 6. The van der Waals surface area contributed by atoms with E-state index in [1.54, 1.807) is 6.33 Å². The van der Waals surface area contributed by atoms with Crippen molar-refractivity contribution in [3.63, 3.8) is 0 Å². The topological polar surface area (TPSA) is 90.0 Å². The molecule has 2 aliphatic rings. The van der Waals surface area contributed by atoms with E-state index in [1.807, 2.05) is 23.9 Å². The second-order valence-electron chi connectivity index (χ2n) is 6.92. The second kappa shape index (κ2) is 8.37. The van der Waals surface area contributed by atoms with E-state index < -0.39 is 0 Å². The number of carbonyl (C=O) groups excluding carboxylic acids is 1. The molecule has 2 fully saturated rings. The van der Waals surface area contributed by atoms with Crippen LogP contribution in [0.3, 0.4) is 0 Å². The van der Waals surface area contributed by atoms with Crippen LogP contribution in [0.4, 0.5) is 5.82 Å². The molecule has 2 saturated heterocycles. The third-order valence-electron chi connectivity index (χ3n) is 5.33. The van der Waals surface area contributed by atoms with Gasteiger partial charge in [0, 0.05) is 32.2 Å². The molecule has 4 rings (SSSR count). The summed E-state index contributed by atoms with van der Waals surface area (Å²) in [5.41, 5.74) is 1.37. The normalized spacial score (nSPS) is 23.8. The molecule has 144 valence electrons. The van der Waals surface area contributed by atoms with Crippen LogP contribution in [0.25, 0.3) is 11.2 Å². The van der Waals surface area contributed by atoms with E-state index in [0.717, 1.165) is 18.4 Å². The summed E-state index contributed by atoms with van der Waals surface area (Å²) in [6.07, 6.45) is 7.66. The standard InChI is InChI=1S/C16H23N7O.2ClH/c1-22(16-14-15(18-8-17-14)19-9-20-16)7-13(24)23(2)12-5-10-3-4-11(6-12)21-10;;/h8-12,21H,3-7H2,1-2H3,(H,17,18,19,20);2*1H. The molecule has 1 amide bonds. The molecule has 2 unspecified atom stereocenters. The highest BCUT2D eigenvalue weighted by Gasteiger charge is 2.36. The lowest BCUT2D eigenvalue weighted by Crippen LogP contribution is -2.50. The SMILES string of the molecule is CN(CC(=O)N(C)C1CC2CCC(C1)N2)c1ncnc2nc[nH]c12.Cl.Cl. The van der Waals surface area contributed by atoms with Crippen LogP contribution in [0.15, 0.2) is 12.7 Å². The van der Waals surface area contributed by atoms with Gasteiger partial charge in [-0.3, -0.25) is 4.79 Å². The van der Waals surface area contributed by atoms with E-state index in [0.29, 0.717) is 36.1 Å². The lowest BCUT2D eigenvalue weighted by atomic mass is 9.98. The molecule has 8 nitrogen and oxygen atoms in total. The first kappa shape index (κ1) is 20.7. The van der Waals surface area contributed by atoms with Gasteiger partial charge < -0.3 is 20.1 Å². The minimum absolute atomic E-state index is 0. The van der Waals surface area contributed by atoms with Gasteiger partial charge in [-0.25, -0.2) is 15.0 Å². The van der Waals surface area contributed by atoms with Gasteiger partial charge in [0.2, 0.25) is 5.91 Å². The molecule has 2 bridgehead atoms. The summed E-state index contributed by atoms with van der Waals surface area (Å²) in [7, 11) is 3.80. The highest BCUT2D eigenvalue weighted by molar-refractivity contribution is 5.87. The molecule has 0 aliphatic carbocycles. The van der Waals surface area contributed by atoms with Crippen molar-refractivity contribution in [2.75, 3.05) is 25.5 Å². The predicted molar refractivity (Wildman–Crippen MR) is 105 cm³/mol. The summed E-state index contributed by atoms with van der Waals surface area (Å²) in [4.78, 5) is 32.1. The molecule has 2 aromatic heterocycles. The summed E-state index contributed by atoms with van der Waals surface area (Å²) < 4.78 is 0. The zero-order valence-corrected chi connectivity index (χ0v) is 16.5. The Labute approximate surface area is 165 Å². The van der Waals surface area contributed by atoms with Crippen molar-refractivity contribution in [3.8, 4) is 0 Å². The first-order valence-electron chi connectivity index (χ1n) is 8.48. The number of piperidine rings is 1. The number of aromatic amines is 1. The van der Waals surface area contributed by atoms with Crippen molar-refractivity contribution in [2.24, 2.45) is 0 Å². The summed E-state index contributed by atoms with van der Waals surface area (Å²) >= 11 is 0. The lowest BCUT2D eigenvalue weighted by molar-refractivity contribution is -0.131. The van der Waals surface area contributed by atoms with Gasteiger partial charge in [0.25, 0.3) is 0 Å². The van der Waals surface area contributed by atoms with Gasteiger partial charge in [-0.2, -0.15) is 0 Å². The molecule has 10 heteroatoms. The molecule has 0 spiro atoms. The minimum Gasteiger partial charge on any atom is -0.348 e. The fourth-order valence-electron chi connectivity index (χ4n) is 3.98. The summed E-state index contributed by atoms with van der Waals surface area (Å²) in [6.45, 7) is 0.293. The molecule has 26 heavy (non-hydrogen) atoms. The Kier molecular flexibility index (Phi) is 6.65. The average molecular weight is 402 g/mol. The number of amides is 1. The Bertz CT molecular complexity index is 743. The van der Waals surface area contributed by atoms with E-state index in [1.165, 1.54) is 19.2 Å². The van der Waals surface area contributed by atoms with Gasteiger partial charge >= 0.3 is 0 Å². The van der Waals surface area contributed by atoms with Crippen LogP contribution in [-0.2, 0) is 4.79 Å². The number of imidazole rings is 1. The Morgan fingerprint density at radius 2 is 1.85 bits per heavy atom. The van der Waals surface area contributed by atoms with Gasteiger partial charge in [-0.15, -0.1) is 24.8 Å². The molecule has 0 radical (unpaired) electrons. The molecule has 2 atom stereocenters. The number of nitrogens with zero attached hydrogens (tertiary/aromatic N) is 5. The zero-order valence-electron chi connectivity index (χ0n) is 14.9. The number of nitrogens with one attached hydrogen (secondary N) is 2. The largest absolute Gasteiger partial charge is 0.348 e. The van der Waals surface area contributed by atoms with Crippen LogP contribution in [0.1, 0.15) is 25.7 Å². The Hall–Kier alpha value is -1.64. The predicted octanol–water partition coefficient (Wildman–Crippen LogP) is 1.37. The number of fused-ring (bicyclic) bond motifs is 3. The van der Waals surface area contributed by atoms with Crippen LogP contribution in [-0.4, -0.2) is 69.5 Å². The van der Waals surface area contributed by atoms with E-state index >= 15 is 0 Å². The third-order valence-corrected chi connectivity index (χ3v) is 5.33. The fourth-order valence-corrected chi connectivity index (χ4v) is 3.98. The van der Waals surface area contributed by atoms with Crippen molar-refractivity contribution in [3.05, 3.63) is 12.7 Å². The third kappa shape index (κ3) is 3.87. The second-order valence-corrected chi connectivity index (χ2v) is 6.92. The quantitative estimate of drug-likeness (QED) is 0.803. The summed E-state index contributed by atoms with van der Waals surface area (Å²) in [5, 5.41) is 3.62. The highest BCUT2D eigenvalue weighted by Crippen LogP contribution is 2.29. The van der Waals surface area contributed by atoms with Gasteiger partial charge in [0.1, 0.15) is 11.8 Å². The average Bonchev–Trinajstić information content (AvgIpc) is 3.19. The highest BCUT2D eigenvalue weighted by atomic mass is 35.5. The van der Waals surface area contributed by atoms with Gasteiger partial charge in [0.15, 0.2) is 11.5 Å². The molecule has 0 saturated carbocycles. The molecule has 4 heterocycles. The van der Waals surface area contributed by atoms with Gasteiger partial charge in [-0.05, 0) is 25.7 Å². The molecule has 2 N–H and O–H groups in total. The smallest absolute Gasteiger partial charge is 0.242 e. The lowest BCUT2D eigenvalue weighted by Gasteiger charge is -2.36. The van der Waals surface area contributed by atoms with Gasteiger partial charge in [-0.1, -0.05) is 0 Å². The van der Waals surface area contributed by atoms with E-state index in [9.17, 15) is 4.79 Å². The van der Waals surface area contributed by atoms with Crippen molar-refractivity contribution in [1.29, 1.82) is 0 Å². The van der Waals surface area contributed by atoms with Crippen molar-refractivity contribution in [2.45, 2.75) is 43.8 Å². The molecule has 2 aliphatic heterocycles. The number of likely N-dealkylation sites (N-methyl/N-ethyl adjacent to an activating group) is 2. The molecular formula is C16H25Cl2N7O. The Morgan fingerprint density at radius 3 is 2.54 bits per heavy atom. The maximum Gasteiger partial charge on any atom is 0.242 e. The zero-order chi connectivity index (χ0) is 16.7. The van der Waals surface area contributed by atoms with Crippen molar-refractivity contribution >= 4 is 47.7 Å².